The average molecular weight is 205 g/mol. The Labute approximate surface area is 87.8 Å². The molecule has 0 heterocycles. The molecule has 0 N–H and O–H groups in total. The standard InChI is InChI=1S/C12H9ClO/c13-12(14)11-8-4-6-9-5-2-1-3-7-10(9)11/h1-9H. The van der Waals surface area contributed by atoms with Crippen LogP contribution in [0.5, 0.6) is 0 Å². The number of fused-ring (bicyclic) bond motifs is 1. The summed E-state index contributed by atoms with van der Waals surface area (Å²) >= 11 is 5.50. The molecule has 0 aromatic carbocycles. The number of hydrogen-bond donors (Lipinski definition) is 0. The van der Waals surface area contributed by atoms with E-state index in [2.05, 4.69) is 0 Å². The Morgan fingerprint density at radius 1 is 1.07 bits per heavy atom. The Bertz CT molecular complexity index is 408. The van der Waals surface area contributed by atoms with Crippen LogP contribution in [0.1, 0.15) is 0 Å². The third kappa shape index (κ3) is 1.64. The molecule has 1 unspecified atom stereocenters. The molecule has 0 aromatic rings. The number of rotatable bonds is 1. The van der Waals surface area contributed by atoms with E-state index in [9.17, 15) is 4.79 Å². The van der Waals surface area contributed by atoms with Gasteiger partial charge in [0.1, 0.15) is 0 Å². The van der Waals surface area contributed by atoms with Crippen molar-refractivity contribution in [3.8, 4) is 0 Å². The molecule has 0 fully saturated rings. The molecule has 0 amide bonds. The fraction of sp³-hybridized carbons (Fsp3) is 0.0833. The summed E-state index contributed by atoms with van der Waals surface area (Å²) in [5, 5.41) is -0.394. The van der Waals surface area contributed by atoms with E-state index in [0.29, 0.717) is 5.57 Å². The van der Waals surface area contributed by atoms with Crippen LogP contribution >= 0.6 is 11.6 Å². The Morgan fingerprint density at radius 3 is 2.64 bits per heavy atom. The summed E-state index contributed by atoms with van der Waals surface area (Å²) in [5.41, 5.74) is 1.56. The molecule has 2 aliphatic rings. The van der Waals surface area contributed by atoms with Crippen LogP contribution in [0, 0.1) is 5.92 Å². The lowest BCUT2D eigenvalue weighted by Crippen LogP contribution is -2.08. The molecule has 0 saturated carbocycles. The van der Waals surface area contributed by atoms with Crippen molar-refractivity contribution < 1.29 is 4.79 Å². The van der Waals surface area contributed by atoms with Crippen LogP contribution < -0.4 is 0 Å². The molecule has 0 aromatic heterocycles. The highest BCUT2D eigenvalue weighted by molar-refractivity contribution is 6.68. The lowest BCUT2D eigenvalue weighted by atomic mass is 9.88. The average Bonchev–Trinajstić information content (AvgIpc) is 2.41. The summed E-state index contributed by atoms with van der Waals surface area (Å²) in [6.45, 7) is 0. The Morgan fingerprint density at radius 2 is 1.86 bits per heavy atom. The van der Waals surface area contributed by atoms with Crippen LogP contribution in [0.2, 0.25) is 0 Å². The summed E-state index contributed by atoms with van der Waals surface area (Å²) in [7, 11) is 0. The van der Waals surface area contributed by atoms with Gasteiger partial charge in [-0.05, 0) is 17.2 Å². The van der Waals surface area contributed by atoms with Crippen LogP contribution in [0.4, 0.5) is 0 Å². The van der Waals surface area contributed by atoms with Gasteiger partial charge in [0.25, 0.3) is 5.24 Å². The third-order valence-electron chi connectivity index (χ3n) is 2.28. The van der Waals surface area contributed by atoms with Gasteiger partial charge in [-0.3, -0.25) is 4.79 Å². The van der Waals surface area contributed by atoms with Crippen molar-refractivity contribution in [2.75, 3.05) is 0 Å². The summed E-state index contributed by atoms with van der Waals surface area (Å²) < 4.78 is 0. The van der Waals surface area contributed by atoms with Crippen LogP contribution in [0.25, 0.3) is 0 Å². The first-order valence-electron chi connectivity index (χ1n) is 4.43. The zero-order chi connectivity index (χ0) is 9.97. The van der Waals surface area contributed by atoms with E-state index < -0.39 is 5.24 Å². The second kappa shape index (κ2) is 3.81. The second-order valence-corrected chi connectivity index (χ2v) is 3.50. The number of allylic oxidation sites excluding steroid dienone is 10. The topological polar surface area (TPSA) is 17.1 Å². The molecule has 2 aliphatic carbocycles. The molecule has 0 saturated heterocycles. The minimum atomic E-state index is -0.394. The summed E-state index contributed by atoms with van der Waals surface area (Å²) in [4.78, 5) is 11.1. The van der Waals surface area contributed by atoms with Gasteiger partial charge < -0.3 is 0 Å². The predicted molar refractivity (Wildman–Crippen MR) is 57.9 cm³/mol. The number of halogens is 1. The lowest BCUT2D eigenvalue weighted by molar-refractivity contribution is -0.108. The highest BCUT2D eigenvalue weighted by Crippen LogP contribution is 2.29. The number of carbonyl (C=O) groups excluding carboxylic acids is 1. The van der Waals surface area contributed by atoms with Gasteiger partial charge >= 0.3 is 0 Å². The third-order valence-corrected chi connectivity index (χ3v) is 2.48. The van der Waals surface area contributed by atoms with Crippen LogP contribution in [-0.4, -0.2) is 5.24 Å². The maximum absolute atomic E-state index is 11.1. The van der Waals surface area contributed by atoms with E-state index in [4.69, 9.17) is 11.6 Å². The largest absolute Gasteiger partial charge is 0.276 e. The van der Waals surface area contributed by atoms with Gasteiger partial charge in [0.05, 0.1) is 0 Å². The van der Waals surface area contributed by atoms with Gasteiger partial charge in [-0.2, -0.15) is 0 Å². The van der Waals surface area contributed by atoms with E-state index in [0.717, 1.165) is 5.57 Å². The van der Waals surface area contributed by atoms with Gasteiger partial charge in [0.2, 0.25) is 0 Å². The Balaban J connectivity index is 2.46. The van der Waals surface area contributed by atoms with Crippen molar-refractivity contribution in [2.24, 2.45) is 5.92 Å². The molecule has 0 aliphatic heterocycles. The Kier molecular flexibility index (Phi) is 2.51. The van der Waals surface area contributed by atoms with Gasteiger partial charge in [0.15, 0.2) is 0 Å². The van der Waals surface area contributed by atoms with Crippen molar-refractivity contribution in [3.63, 3.8) is 0 Å². The maximum atomic E-state index is 11.1. The molecule has 1 nitrogen and oxygen atoms in total. The first-order valence-corrected chi connectivity index (χ1v) is 4.80. The van der Waals surface area contributed by atoms with E-state index in [-0.39, 0.29) is 5.92 Å². The molecule has 1 atom stereocenters. The van der Waals surface area contributed by atoms with Crippen molar-refractivity contribution in [1.82, 2.24) is 0 Å². The molecule has 2 heteroatoms. The van der Waals surface area contributed by atoms with Crippen molar-refractivity contribution >= 4 is 16.8 Å². The van der Waals surface area contributed by atoms with Crippen molar-refractivity contribution in [3.05, 3.63) is 59.8 Å². The normalized spacial score (nSPS) is 23.6. The first-order chi connectivity index (χ1) is 6.79. The molecule has 0 spiro atoms. The van der Waals surface area contributed by atoms with Gasteiger partial charge in [-0.15, -0.1) is 0 Å². The summed E-state index contributed by atoms with van der Waals surface area (Å²) in [6, 6.07) is 0. The monoisotopic (exact) mass is 204 g/mol. The highest BCUT2D eigenvalue weighted by Gasteiger charge is 2.19. The molecule has 0 bridgehead atoms. The minimum Gasteiger partial charge on any atom is -0.276 e. The zero-order valence-corrected chi connectivity index (χ0v) is 8.24. The van der Waals surface area contributed by atoms with Gasteiger partial charge in [0, 0.05) is 11.5 Å². The fourth-order valence-electron chi connectivity index (χ4n) is 1.61. The summed E-state index contributed by atoms with van der Waals surface area (Å²) in [5.74, 6) is 0.174. The Hall–Kier alpha value is -1.34. The molecule has 0 radical (unpaired) electrons. The molecular weight excluding hydrogens is 196 g/mol. The SMILES string of the molecule is O=C(Cl)C1=CC=CC2C=CC=CC=C12. The van der Waals surface area contributed by atoms with Crippen molar-refractivity contribution in [1.29, 1.82) is 0 Å². The van der Waals surface area contributed by atoms with E-state index in [1.54, 1.807) is 6.08 Å². The van der Waals surface area contributed by atoms with Crippen LogP contribution in [0.3, 0.4) is 0 Å². The minimum absolute atomic E-state index is 0.174. The smallest absolute Gasteiger partial charge is 0.252 e. The molecular formula is C12H9ClO. The summed E-state index contributed by atoms with van der Waals surface area (Å²) in [6.07, 6.45) is 15.5. The quantitative estimate of drug-likeness (QED) is 0.601. The van der Waals surface area contributed by atoms with Crippen LogP contribution in [0.15, 0.2) is 59.8 Å². The van der Waals surface area contributed by atoms with Crippen molar-refractivity contribution in [2.45, 2.75) is 0 Å². The predicted octanol–water partition coefficient (Wildman–Crippen LogP) is 2.92. The van der Waals surface area contributed by atoms with Gasteiger partial charge in [-0.1, -0.05) is 48.6 Å². The highest BCUT2D eigenvalue weighted by atomic mass is 35.5. The van der Waals surface area contributed by atoms with E-state index in [1.165, 1.54) is 0 Å². The fourth-order valence-corrected chi connectivity index (χ4v) is 1.78. The van der Waals surface area contributed by atoms with Crippen LogP contribution in [-0.2, 0) is 4.79 Å². The maximum Gasteiger partial charge on any atom is 0.252 e. The van der Waals surface area contributed by atoms with E-state index in [1.807, 2.05) is 42.5 Å². The lowest BCUT2D eigenvalue weighted by Gasteiger charge is -2.16. The second-order valence-electron chi connectivity index (χ2n) is 3.16. The molecule has 14 heavy (non-hydrogen) atoms. The first kappa shape index (κ1) is 9.22. The van der Waals surface area contributed by atoms with Gasteiger partial charge in [-0.25, -0.2) is 0 Å². The molecule has 2 rings (SSSR count). The van der Waals surface area contributed by atoms with E-state index >= 15 is 0 Å². The number of carbonyl (C=O) groups is 1. The zero-order valence-electron chi connectivity index (χ0n) is 7.48. The molecule has 70 valence electrons. The number of hydrogen-bond acceptors (Lipinski definition) is 1.